The van der Waals surface area contributed by atoms with Crippen LogP contribution >= 0.6 is 11.6 Å². The zero-order valence-corrected chi connectivity index (χ0v) is 23.0. The first kappa shape index (κ1) is 27.5. The highest BCUT2D eigenvalue weighted by Crippen LogP contribution is 2.20. The van der Waals surface area contributed by atoms with E-state index in [1.807, 2.05) is 6.07 Å². The number of ether oxygens (including phenoxy) is 2. The molecule has 0 aliphatic heterocycles. The van der Waals surface area contributed by atoms with Crippen LogP contribution in [-0.2, 0) is 17.8 Å². The van der Waals surface area contributed by atoms with Gasteiger partial charge in [0.05, 0.1) is 17.6 Å². The number of carbonyl (C=O) groups is 1. The average Bonchev–Trinajstić information content (AvgIpc) is 3.25. The van der Waals surface area contributed by atoms with Crippen molar-refractivity contribution in [3.63, 3.8) is 0 Å². The third kappa shape index (κ3) is 8.25. The lowest BCUT2D eigenvalue weighted by molar-refractivity contribution is -0.123. The smallest absolute Gasteiger partial charge is 0.257 e. The molecule has 0 aliphatic carbocycles. The highest BCUT2D eigenvalue weighted by molar-refractivity contribution is 6.30. The number of halogens is 1. The molecule has 0 radical (unpaired) electrons. The van der Waals surface area contributed by atoms with Gasteiger partial charge in [-0.2, -0.15) is 0 Å². The van der Waals surface area contributed by atoms with Crippen molar-refractivity contribution >= 4 is 28.5 Å². The van der Waals surface area contributed by atoms with Crippen LogP contribution in [0.2, 0.25) is 5.02 Å². The molecule has 0 saturated carbocycles. The molecule has 0 bridgehead atoms. The molecule has 3 aromatic carbocycles. The molecule has 1 aromatic heterocycles. The SMILES string of the molecule is Cc1cc(C)cc(OCCCn2c(CCCCCNC(=O)COc3ccc(Cl)cc3)nc3ccccc32)c1. The maximum absolute atomic E-state index is 12.0. The van der Waals surface area contributed by atoms with E-state index < -0.39 is 0 Å². The van der Waals surface area contributed by atoms with Crippen LogP contribution in [-0.4, -0.2) is 35.2 Å². The highest BCUT2D eigenvalue weighted by Gasteiger charge is 2.10. The van der Waals surface area contributed by atoms with Crippen molar-refractivity contribution in [3.8, 4) is 11.5 Å². The largest absolute Gasteiger partial charge is 0.494 e. The lowest BCUT2D eigenvalue weighted by Crippen LogP contribution is -2.29. The number of benzene rings is 3. The molecule has 0 atom stereocenters. The molecule has 6 nitrogen and oxygen atoms in total. The van der Waals surface area contributed by atoms with E-state index in [9.17, 15) is 4.79 Å². The summed E-state index contributed by atoms with van der Waals surface area (Å²) in [6.45, 7) is 6.35. The number of rotatable bonds is 14. The van der Waals surface area contributed by atoms with Gasteiger partial charge in [0.2, 0.25) is 0 Å². The monoisotopic (exact) mass is 533 g/mol. The summed E-state index contributed by atoms with van der Waals surface area (Å²) in [5.74, 6) is 2.55. The highest BCUT2D eigenvalue weighted by atomic mass is 35.5. The van der Waals surface area contributed by atoms with Gasteiger partial charge in [-0.1, -0.05) is 36.2 Å². The molecule has 1 amide bonds. The summed E-state index contributed by atoms with van der Waals surface area (Å²) < 4.78 is 13.8. The van der Waals surface area contributed by atoms with Gasteiger partial charge in [0.25, 0.3) is 5.91 Å². The lowest BCUT2D eigenvalue weighted by atomic mass is 10.1. The first-order chi connectivity index (χ1) is 18.5. The molecule has 0 spiro atoms. The van der Waals surface area contributed by atoms with E-state index in [-0.39, 0.29) is 12.5 Å². The molecule has 0 unspecified atom stereocenters. The number of amides is 1. The number of fused-ring (bicyclic) bond motifs is 1. The van der Waals surface area contributed by atoms with Crippen molar-refractivity contribution in [2.75, 3.05) is 19.8 Å². The van der Waals surface area contributed by atoms with Crippen LogP contribution in [0.1, 0.15) is 42.6 Å². The minimum Gasteiger partial charge on any atom is -0.494 e. The Morgan fingerprint density at radius 3 is 2.45 bits per heavy atom. The van der Waals surface area contributed by atoms with Gasteiger partial charge < -0.3 is 19.4 Å². The van der Waals surface area contributed by atoms with Gasteiger partial charge in [0.1, 0.15) is 17.3 Å². The number of unbranched alkanes of at least 4 members (excludes halogenated alkanes) is 2. The Hall–Kier alpha value is -3.51. The van der Waals surface area contributed by atoms with Crippen molar-refractivity contribution in [2.24, 2.45) is 0 Å². The molecule has 7 heteroatoms. The summed E-state index contributed by atoms with van der Waals surface area (Å²) in [4.78, 5) is 16.9. The van der Waals surface area contributed by atoms with Crippen LogP contribution in [0.3, 0.4) is 0 Å². The normalized spacial score (nSPS) is 11.0. The molecule has 1 N–H and O–H groups in total. The summed E-state index contributed by atoms with van der Waals surface area (Å²) >= 11 is 5.87. The molecule has 38 heavy (non-hydrogen) atoms. The summed E-state index contributed by atoms with van der Waals surface area (Å²) in [5, 5.41) is 3.56. The second kappa shape index (κ2) is 13.9. The Labute approximate surface area is 229 Å². The van der Waals surface area contributed by atoms with Crippen LogP contribution in [0.5, 0.6) is 11.5 Å². The second-order valence-electron chi connectivity index (χ2n) is 9.60. The van der Waals surface area contributed by atoms with Gasteiger partial charge in [0, 0.05) is 24.5 Å². The fourth-order valence-corrected chi connectivity index (χ4v) is 4.66. The third-order valence-corrected chi connectivity index (χ3v) is 6.56. The Morgan fingerprint density at radius 2 is 1.66 bits per heavy atom. The molecule has 0 saturated heterocycles. The van der Waals surface area contributed by atoms with Gasteiger partial charge in [-0.3, -0.25) is 4.79 Å². The molecule has 4 aromatic rings. The standard InChI is InChI=1S/C31H36ClN3O3/c1-23-19-24(2)21-27(20-23)37-18-8-17-35-29-10-6-5-9-28(29)34-30(35)11-4-3-7-16-33-31(36)22-38-26-14-12-25(32)13-15-26/h5-6,9-10,12-15,19-21H,3-4,7-8,11,16-18,22H2,1-2H3,(H,33,36). The minimum atomic E-state index is -0.121. The summed E-state index contributed by atoms with van der Waals surface area (Å²) in [7, 11) is 0. The first-order valence-corrected chi connectivity index (χ1v) is 13.7. The Balaban J connectivity index is 1.19. The first-order valence-electron chi connectivity index (χ1n) is 13.3. The molecule has 1 heterocycles. The van der Waals surface area contributed by atoms with Crippen molar-refractivity contribution in [1.82, 2.24) is 14.9 Å². The molecule has 4 rings (SSSR count). The van der Waals surface area contributed by atoms with E-state index in [4.69, 9.17) is 26.1 Å². The van der Waals surface area contributed by atoms with Crippen molar-refractivity contribution in [2.45, 2.75) is 52.5 Å². The Bertz CT molecular complexity index is 1310. The number of aromatic nitrogens is 2. The van der Waals surface area contributed by atoms with E-state index in [1.165, 1.54) is 16.6 Å². The summed E-state index contributed by atoms with van der Waals surface area (Å²) in [6, 6.07) is 21.6. The van der Waals surface area contributed by atoms with Crippen LogP contribution in [0.15, 0.2) is 66.7 Å². The van der Waals surface area contributed by atoms with Crippen molar-refractivity contribution in [1.29, 1.82) is 0 Å². The van der Waals surface area contributed by atoms with E-state index in [1.54, 1.807) is 24.3 Å². The second-order valence-corrected chi connectivity index (χ2v) is 10.0. The van der Waals surface area contributed by atoms with Crippen molar-refractivity contribution < 1.29 is 14.3 Å². The van der Waals surface area contributed by atoms with E-state index in [0.29, 0.717) is 23.9 Å². The zero-order chi connectivity index (χ0) is 26.7. The van der Waals surface area contributed by atoms with Gasteiger partial charge in [-0.15, -0.1) is 0 Å². The van der Waals surface area contributed by atoms with Gasteiger partial charge >= 0.3 is 0 Å². The van der Waals surface area contributed by atoms with Crippen LogP contribution < -0.4 is 14.8 Å². The number of nitrogens with zero attached hydrogens (tertiary/aromatic N) is 2. The molecular formula is C31H36ClN3O3. The Kier molecular flexibility index (Phi) is 10.0. The fraction of sp³-hybridized carbons (Fsp3) is 0.355. The van der Waals surface area contributed by atoms with Crippen LogP contribution in [0, 0.1) is 13.8 Å². The number of nitrogens with one attached hydrogen (secondary N) is 1. The number of carbonyl (C=O) groups excluding carboxylic acids is 1. The zero-order valence-electron chi connectivity index (χ0n) is 22.2. The fourth-order valence-electron chi connectivity index (χ4n) is 4.54. The Morgan fingerprint density at radius 1 is 0.895 bits per heavy atom. The topological polar surface area (TPSA) is 65.4 Å². The lowest BCUT2D eigenvalue weighted by Gasteiger charge is -2.11. The summed E-state index contributed by atoms with van der Waals surface area (Å²) in [5.41, 5.74) is 4.63. The number of imidazole rings is 1. The third-order valence-electron chi connectivity index (χ3n) is 6.31. The minimum absolute atomic E-state index is 0.00113. The van der Waals surface area contributed by atoms with Gasteiger partial charge in [0.15, 0.2) is 6.61 Å². The average molecular weight is 534 g/mol. The number of para-hydroxylation sites is 2. The maximum atomic E-state index is 12.0. The van der Waals surface area contributed by atoms with E-state index >= 15 is 0 Å². The number of hydrogen-bond donors (Lipinski definition) is 1. The quantitative estimate of drug-likeness (QED) is 0.183. The molecule has 200 valence electrons. The number of hydrogen-bond acceptors (Lipinski definition) is 4. The van der Waals surface area contributed by atoms with Crippen LogP contribution in [0.4, 0.5) is 0 Å². The van der Waals surface area contributed by atoms with E-state index in [2.05, 4.69) is 60.1 Å². The van der Waals surface area contributed by atoms with E-state index in [0.717, 1.165) is 55.7 Å². The van der Waals surface area contributed by atoms with Gasteiger partial charge in [-0.25, -0.2) is 4.98 Å². The maximum Gasteiger partial charge on any atom is 0.257 e. The van der Waals surface area contributed by atoms with Crippen molar-refractivity contribution in [3.05, 3.63) is 88.7 Å². The molecular weight excluding hydrogens is 498 g/mol. The predicted molar refractivity (Wildman–Crippen MR) is 153 cm³/mol. The number of aryl methyl sites for hydroxylation is 4. The summed E-state index contributed by atoms with van der Waals surface area (Å²) in [6.07, 6.45) is 4.75. The van der Waals surface area contributed by atoms with Crippen LogP contribution in [0.25, 0.3) is 11.0 Å². The van der Waals surface area contributed by atoms with Gasteiger partial charge in [-0.05, 0) is 92.8 Å². The molecule has 0 aliphatic rings. The predicted octanol–water partition coefficient (Wildman–Crippen LogP) is 6.68. The molecule has 0 fully saturated rings.